The lowest BCUT2D eigenvalue weighted by Crippen LogP contribution is -1.99. The van der Waals surface area contributed by atoms with Crippen LogP contribution in [0.4, 0.5) is 8.78 Å². The second kappa shape index (κ2) is 3.49. The van der Waals surface area contributed by atoms with Crippen molar-refractivity contribution in [1.82, 2.24) is 9.78 Å². The molecule has 5 heteroatoms. The summed E-state index contributed by atoms with van der Waals surface area (Å²) in [4.78, 5) is 0. The van der Waals surface area contributed by atoms with Crippen molar-refractivity contribution in [2.24, 2.45) is 0 Å². The van der Waals surface area contributed by atoms with Gasteiger partial charge in [0, 0.05) is 6.20 Å². The van der Waals surface area contributed by atoms with Crippen LogP contribution in [0.1, 0.15) is 0 Å². The molecule has 1 aromatic carbocycles. The maximum absolute atomic E-state index is 13.2. The Labute approximate surface area is 87.3 Å². The summed E-state index contributed by atoms with van der Waals surface area (Å²) in [7, 11) is 0. The van der Waals surface area contributed by atoms with E-state index in [2.05, 4.69) is 21.0 Å². The minimum Gasteiger partial charge on any atom is -0.237 e. The molecule has 1 heterocycles. The molecule has 0 aliphatic rings. The molecular formula is C9H5BrF2N2. The van der Waals surface area contributed by atoms with Crippen molar-refractivity contribution in [2.45, 2.75) is 0 Å². The van der Waals surface area contributed by atoms with Gasteiger partial charge in [0.15, 0.2) is 11.6 Å². The van der Waals surface area contributed by atoms with Crippen LogP contribution in [0, 0.1) is 11.6 Å². The summed E-state index contributed by atoms with van der Waals surface area (Å²) in [5.74, 6) is -1.78. The molecule has 2 aromatic rings. The molecule has 2 rings (SSSR count). The van der Waals surface area contributed by atoms with E-state index in [1.165, 1.54) is 23.0 Å². The third kappa shape index (κ3) is 1.55. The van der Waals surface area contributed by atoms with Gasteiger partial charge >= 0.3 is 0 Å². The van der Waals surface area contributed by atoms with Crippen molar-refractivity contribution in [3.63, 3.8) is 0 Å². The largest absolute Gasteiger partial charge is 0.237 e. The summed E-state index contributed by atoms with van der Waals surface area (Å²) in [5, 5.41) is 3.85. The van der Waals surface area contributed by atoms with Crippen molar-refractivity contribution >= 4 is 15.9 Å². The van der Waals surface area contributed by atoms with Crippen LogP contribution in [0.5, 0.6) is 0 Å². The van der Waals surface area contributed by atoms with Gasteiger partial charge in [-0.15, -0.1) is 0 Å². The lowest BCUT2D eigenvalue weighted by atomic mass is 10.3. The second-order valence-corrected chi connectivity index (χ2v) is 3.59. The molecule has 72 valence electrons. The lowest BCUT2D eigenvalue weighted by Gasteiger charge is -2.02. The van der Waals surface area contributed by atoms with E-state index in [1.54, 1.807) is 6.20 Å². The maximum atomic E-state index is 13.2. The Morgan fingerprint density at radius 2 is 2.07 bits per heavy atom. The number of benzene rings is 1. The molecule has 0 aliphatic carbocycles. The van der Waals surface area contributed by atoms with Crippen LogP contribution in [0.2, 0.25) is 0 Å². The molecule has 0 amide bonds. The Bertz CT molecular complexity index is 468. The number of nitrogens with zero attached hydrogens (tertiary/aromatic N) is 2. The van der Waals surface area contributed by atoms with E-state index in [-0.39, 0.29) is 5.69 Å². The summed E-state index contributed by atoms with van der Waals surface area (Å²) in [6, 6.07) is 3.96. The van der Waals surface area contributed by atoms with Crippen molar-refractivity contribution in [3.8, 4) is 5.69 Å². The van der Waals surface area contributed by atoms with Gasteiger partial charge in [-0.2, -0.15) is 5.10 Å². The Hall–Kier alpha value is -1.23. The maximum Gasteiger partial charge on any atom is 0.184 e. The molecule has 0 aliphatic heterocycles. The summed E-state index contributed by atoms with van der Waals surface area (Å²) >= 11 is 3.17. The van der Waals surface area contributed by atoms with Crippen LogP contribution in [0.3, 0.4) is 0 Å². The number of rotatable bonds is 1. The average molecular weight is 259 g/mol. The van der Waals surface area contributed by atoms with Crippen molar-refractivity contribution < 1.29 is 8.78 Å². The molecule has 0 spiro atoms. The normalized spacial score (nSPS) is 10.5. The highest BCUT2D eigenvalue weighted by atomic mass is 79.9. The quantitative estimate of drug-likeness (QED) is 0.769. The molecule has 1 aromatic heterocycles. The van der Waals surface area contributed by atoms with Gasteiger partial charge in [-0.05, 0) is 28.1 Å². The predicted molar refractivity (Wildman–Crippen MR) is 51.2 cm³/mol. The zero-order valence-electron chi connectivity index (χ0n) is 6.92. The molecule has 0 radical (unpaired) electrons. The van der Waals surface area contributed by atoms with Crippen LogP contribution in [0.25, 0.3) is 5.69 Å². The first kappa shape index (κ1) is 9.33. The Balaban J connectivity index is 2.57. The first-order valence-electron chi connectivity index (χ1n) is 3.83. The molecule has 0 unspecified atom stereocenters. The zero-order valence-corrected chi connectivity index (χ0v) is 8.50. The topological polar surface area (TPSA) is 17.8 Å². The van der Waals surface area contributed by atoms with Crippen LogP contribution in [-0.4, -0.2) is 9.78 Å². The van der Waals surface area contributed by atoms with Gasteiger partial charge in [-0.1, -0.05) is 6.07 Å². The number of hydrogen-bond acceptors (Lipinski definition) is 1. The minimum absolute atomic E-state index is 0.0932. The summed E-state index contributed by atoms with van der Waals surface area (Å²) in [6.07, 6.45) is 3.06. The minimum atomic E-state index is -0.900. The molecular weight excluding hydrogens is 254 g/mol. The predicted octanol–water partition coefficient (Wildman–Crippen LogP) is 2.91. The van der Waals surface area contributed by atoms with Gasteiger partial charge in [0.25, 0.3) is 0 Å². The van der Waals surface area contributed by atoms with Gasteiger partial charge in [-0.3, -0.25) is 0 Å². The van der Waals surface area contributed by atoms with Crippen molar-refractivity contribution in [2.75, 3.05) is 0 Å². The second-order valence-electron chi connectivity index (χ2n) is 2.68. The smallest absolute Gasteiger partial charge is 0.184 e. The van der Waals surface area contributed by atoms with E-state index < -0.39 is 11.6 Å². The standard InChI is InChI=1S/C9H5BrF2N2/c10-6-4-13-14(5-6)8-3-1-2-7(11)9(8)12/h1-5H. The van der Waals surface area contributed by atoms with Gasteiger partial charge in [0.05, 0.1) is 10.7 Å². The number of hydrogen-bond donors (Lipinski definition) is 0. The number of aromatic nitrogens is 2. The van der Waals surface area contributed by atoms with Gasteiger partial charge in [0.1, 0.15) is 5.69 Å². The molecule has 2 nitrogen and oxygen atoms in total. The van der Waals surface area contributed by atoms with Crippen molar-refractivity contribution in [1.29, 1.82) is 0 Å². The average Bonchev–Trinajstić information content (AvgIpc) is 2.57. The van der Waals surface area contributed by atoms with Crippen LogP contribution < -0.4 is 0 Å². The number of halogens is 3. The van der Waals surface area contributed by atoms with E-state index in [9.17, 15) is 8.78 Å². The Kier molecular flexibility index (Phi) is 2.33. The van der Waals surface area contributed by atoms with E-state index in [1.807, 2.05) is 0 Å². The van der Waals surface area contributed by atoms with E-state index >= 15 is 0 Å². The molecule has 0 saturated carbocycles. The van der Waals surface area contributed by atoms with E-state index in [4.69, 9.17) is 0 Å². The Morgan fingerprint density at radius 3 is 2.71 bits per heavy atom. The SMILES string of the molecule is Fc1cccc(-n2cc(Br)cn2)c1F. The third-order valence-electron chi connectivity index (χ3n) is 1.73. The highest BCUT2D eigenvalue weighted by molar-refractivity contribution is 9.10. The first-order valence-corrected chi connectivity index (χ1v) is 4.62. The highest BCUT2D eigenvalue weighted by Crippen LogP contribution is 2.17. The van der Waals surface area contributed by atoms with E-state index in [0.29, 0.717) is 4.47 Å². The zero-order chi connectivity index (χ0) is 10.1. The molecule has 0 fully saturated rings. The fourth-order valence-corrected chi connectivity index (χ4v) is 1.39. The van der Waals surface area contributed by atoms with Crippen LogP contribution in [-0.2, 0) is 0 Å². The lowest BCUT2D eigenvalue weighted by molar-refractivity contribution is 0.501. The summed E-state index contributed by atoms with van der Waals surface area (Å²) in [5.41, 5.74) is 0.0932. The van der Waals surface area contributed by atoms with Gasteiger partial charge in [0.2, 0.25) is 0 Å². The molecule has 0 atom stereocenters. The molecule has 0 saturated heterocycles. The highest BCUT2D eigenvalue weighted by Gasteiger charge is 2.09. The van der Waals surface area contributed by atoms with Gasteiger partial charge < -0.3 is 0 Å². The summed E-state index contributed by atoms with van der Waals surface area (Å²) in [6.45, 7) is 0. The third-order valence-corrected chi connectivity index (χ3v) is 2.14. The van der Waals surface area contributed by atoms with Crippen molar-refractivity contribution in [3.05, 3.63) is 46.7 Å². The van der Waals surface area contributed by atoms with E-state index in [0.717, 1.165) is 6.07 Å². The monoisotopic (exact) mass is 258 g/mol. The fourth-order valence-electron chi connectivity index (χ4n) is 1.10. The van der Waals surface area contributed by atoms with Crippen LogP contribution in [0.15, 0.2) is 35.1 Å². The molecule has 0 bridgehead atoms. The molecule has 14 heavy (non-hydrogen) atoms. The Morgan fingerprint density at radius 1 is 1.29 bits per heavy atom. The molecule has 0 N–H and O–H groups in total. The van der Waals surface area contributed by atoms with Gasteiger partial charge in [-0.25, -0.2) is 13.5 Å². The first-order chi connectivity index (χ1) is 6.68. The summed E-state index contributed by atoms with van der Waals surface area (Å²) < 4.78 is 28.1. The fraction of sp³-hybridized carbons (Fsp3) is 0. The van der Waals surface area contributed by atoms with Crippen LogP contribution >= 0.6 is 15.9 Å².